The molecule has 0 saturated carbocycles. The minimum absolute atomic E-state index is 0.156. The summed E-state index contributed by atoms with van der Waals surface area (Å²) < 4.78 is 33.5. The van der Waals surface area contributed by atoms with Crippen LogP contribution in [0.5, 0.6) is 28.7 Å². The van der Waals surface area contributed by atoms with Gasteiger partial charge in [-0.3, -0.25) is 4.79 Å². The molecule has 0 spiro atoms. The lowest BCUT2D eigenvalue weighted by Crippen LogP contribution is -2.42. The van der Waals surface area contributed by atoms with Gasteiger partial charge < -0.3 is 33.0 Å². The number of hydrogen-bond acceptors (Lipinski definition) is 8. The molecule has 1 unspecified atom stereocenters. The van der Waals surface area contributed by atoms with Gasteiger partial charge in [-0.2, -0.15) is 0 Å². The molecule has 0 bridgehead atoms. The maximum atomic E-state index is 13.9. The van der Waals surface area contributed by atoms with Crippen LogP contribution in [-0.2, 0) is 6.42 Å². The molecule has 0 radical (unpaired) electrons. The fourth-order valence-corrected chi connectivity index (χ4v) is 5.16. The van der Waals surface area contributed by atoms with E-state index >= 15 is 0 Å². The van der Waals surface area contributed by atoms with Gasteiger partial charge in [-0.1, -0.05) is 0 Å². The molecule has 3 aromatic carbocycles. The third kappa shape index (κ3) is 5.02. The van der Waals surface area contributed by atoms with Crippen LogP contribution in [0, 0.1) is 6.92 Å². The first kappa shape index (κ1) is 26.9. The van der Waals surface area contributed by atoms with Gasteiger partial charge in [0, 0.05) is 29.6 Å². The predicted molar refractivity (Wildman–Crippen MR) is 149 cm³/mol. The monoisotopic (exact) mass is 545 g/mol. The molecule has 0 fully saturated rings. The van der Waals surface area contributed by atoms with E-state index in [1.165, 1.54) is 13.2 Å². The summed E-state index contributed by atoms with van der Waals surface area (Å²) in [6, 6.07) is 15.4. The fourth-order valence-electron chi connectivity index (χ4n) is 5.16. The standard InChI is InChI=1S/C31H31NO8/c1-18-12-30(33)40-26-15-21(7-8-22(18)26)39-17-24-23-16-29(38-5)28(37-4)13-19(23)10-11-32(24)31(34)20-6-9-25(35-2)27(14-20)36-3/h6-9,12-16,24H,10-11,17H2,1-5H3. The maximum absolute atomic E-state index is 13.9. The smallest absolute Gasteiger partial charge is 0.336 e. The van der Waals surface area contributed by atoms with Crippen molar-refractivity contribution in [1.29, 1.82) is 0 Å². The van der Waals surface area contributed by atoms with Crippen molar-refractivity contribution in [3.63, 3.8) is 0 Å². The minimum atomic E-state index is -0.440. The molecule has 1 aliphatic heterocycles. The number of amides is 1. The Labute approximate surface area is 231 Å². The van der Waals surface area contributed by atoms with E-state index in [1.54, 1.807) is 50.5 Å². The number of nitrogens with zero attached hydrogens (tertiary/aromatic N) is 1. The first-order chi connectivity index (χ1) is 19.4. The molecule has 1 aliphatic rings. The van der Waals surface area contributed by atoms with Crippen LogP contribution in [-0.4, -0.2) is 52.4 Å². The zero-order chi connectivity index (χ0) is 28.4. The second-order valence-electron chi connectivity index (χ2n) is 9.46. The topological polar surface area (TPSA) is 96.7 Å². The third-order valence-corrected chi connectivity index (χ3v) is 7.22. The number of hydrogen-bond donors (Lipinski definition) is 0. The Morgan fingerprint density at radius 2 is 1.57 bits per heavy atom. The van der Waals surface area contributed by atoms with Crippen molar-refractivity contribution in [2.45, 2.75) is 19.4 Å². The molecule has 1 amide bonds. The predicted octanol–water partition coefficient (Wildman–Crippen LogP) is 4.95. The van der Waals surface area contributed by atoms with Crippen molar-refractivity contribution in [2.24, 2.45) is 0 Å². The number of methoxy groups -OCH3 is 4. The Morgan fingerprint density at radius 1 is 0.875 bits per heavy atom. The van der Waals surface area contributed by atoms with Gasteiger partial charge >= 0.3 is 5.63 Å². The molecular formula is C31H31NO8. The summed E-state index contributed by atoms with van der Waals surface area (Å²) >= 11 is 0. The van der Waals surface area contributed by atoms with Crippen molar-refractivity contribution < 1.29 is 32.9 Å². The number of benzene rings is 3. The number of carbonyl (C=O) groups excluding carboxylic acids is 1. The summed E-state index contributed by atoms with van der Waals surface area (Å²) in [5.74, 6) is 2.55. The van der Waals surface area contributed by atoms with Gasteiger partial charge in [0.05, 0.1) is 34.5 Å². The molecule has 0 saturated heterocycles. The summed E-state index contributed by atoms with van der Waals surface area (Å²) in [6.45, 7) is 2.48. The van der Waals surface area contributed by atoms with Crippen LogP contribution in [0.4, 0.5) is 0 Å². The van der Waals surface area contributed by atoms with E-state index < -0.39 is 11.7 Å². The van der Waals surface area contributed by atoms with E-state index in [0.717, 1.165) is 22.1 Å². The highest BCUT2D eigenvalue weighted by atomic mass is 16.5. The molecule has 0 N–H and O–H groups in total. The van der Waals surface area contributed by atoms with Crippen molar-refractivity contribution in [1.82, 2.24) is 4.90 Å². The zero-order valence-corrected chi connectivity index (χ0v) is 23.1. The highest BCUT2D eigenvalue weighted by molar-refractivity contribution is 5.95. The molecule has 1 atom stereocenters. The molecule has 208 valence electrons. The molecule has 40 heavy (non-hydrogen) atoms. The van der Waals surface area contributed by atoms with Crippen molar-refractivity contribution >= 4 is 16.9 Å². The lowest BCUT2D eigenvalue weighted by molar-refractivity contribution is 0.0589. The second-order valence-corrected chi connectivity index (χ2v) is 9.46. The fraction of sp³-hybridized carbons (Fsp3) is 0.290. The van der Waals surface area contributed by atoms with E-state index in [-0.39, 0.29) is 12.5 Å². The zero-order valence-electron chi connectivity index (χ0n) is 23.1. The van der Waals surface area contributed by atoms with Gasteiger partial charge in [0.15, 0.2) is 23.0 Å². The van der Waals surface area contributed by atoms with Crippen LogP contribution in [0.25, 0.3) is 11.0 Å². The Bertz CT molecular complexity index is 1630. The molecule has 0 aliphatic carbocycles. The second kappa shape index (κ2) is 11.2. The first-order valence-electron chi connectivity index (χ1n) is 12.8. The summed E-state index contributed by atoms with van der Waals surface area (Å²) in [4.78, 5) is 27.6. The van der Waals surface area contributed by atoms with Gasteiger partial charge in [0.25, 0.3) is 5.91 Å². The van der Waals surface area contributed by atoms with Crippen LogP contribution >= 0.6 is 0 Å². The van der Waals surface area contributed by atoms with Crippen molar-refractivity contribution in [3.05, 3.63) is 87.3 Å². The summed E-state index contributed by atoms with van der Waals surface area (Å²) in [5.41, 5.74) is 3.26. The van der Waals surface area contributed by atoms with E-state index in [1.807, 2.05) is 31.2 Å². The summed E-state index contributed by atoms with van der Waals surface area (Å²) in [7, 11) is 6.26. The highest BCUT2D eigenvalue weighted by Crippen LogP contribution is 2.39. The summed E-state index contributed by atoms with van der Waals surface area (Å²) in [5, 5.41) is 0.831. The number of fused-ring (bicyclic) bond motifs is 2. The van der Waals surface area contributed by atoms with Crippen LogP contribution in [0.15, 0.2) is 63.8 Å². The van der Waals surface area contributed by atoms with Crippen LogP contribution < -0.4 is 29.3 Å². The molecule has 4 aromatic rings. The Balaban J connectivity index is 1.52. The number of carbonyl (C=O) groups is 1. The maximum Gasteiger partial charge on any atom is 0.336 e. The van der Waals surface area contributed by atoms with E-state index in [9.17, 15) is 9.59 Å². The van der Waals surface area contributed by atoms with Crippen LogP contribution in [0.1, 0.15) is 33.1 Å². The lowest BCUT2D eigenvalue weighted by Gasteiger charge is -2.37. The van der Waals surface area contributed by atoms with Gasteiger partial charge in [-0.15, -0.1) is 0 Å². The molecule has 5 rings (SSSR count). The first-order valence-corrected chi connectivity index (χ1v) is 12.8. The quantitative estimate of drug-likeness (QED) is 0.287. The van der Waals surface area contributed by atoms with E-state index in [2.05, 4.69) is 0 Å². The average Bonchev–Trinajstić information content (AvgIpc) is 2.97. The Kier molecular flexibility index (Phi) is 7.55. The van der Waals surface area contributed by atoms with Gasteiger partial charge in [-0.05, 0) is 72.5 Å². The SMILES string of the molecule is COc1ccc(C(=O)N2CCc3cc(OC)c(OC)cc3C2COc2ccc3c(C)cc(=O)oc3c2)cc1OC. The van der Waals surface area contributed by atoms with E-state index in [4.69, 9.17) is 28.1 Å². The number of ether oxygens (including phenoxy) is 5. The molecule has 9 heteroatoms. The largest absolute Gasteiger partial charge is 0.493 e. The summed E-state index contributed by atoms with van der Waals surface area (Å²) in [6.07, 6.45) is 0.631. The van der Waals surface area contributed by atoms with Gasteiger partial charge in [-0.25, -0.2) is 4.79 Å². The number of rotatable bonds is 8. The molecule has 2 heterocycles. The number of aryl methyl sites for hydroxylation is 1. The Morgan fingerprint density at radius 3 is 2.30 bits per heavy atom. The van der Waals surface area contributed by atoms with Gasteiger partial charge in [0.2, 0.25) is 0 Å². The lowest BCUT2D eigenvalue weighted by atomic mass is 9.91. The normalized spacial score (nSPS) is 14.4. The van der Waals surface area contributed by atoms with E-state index in [0.29, 0.717) is 52.9 Å². The minimum Gasteiger partial charge on any atom is -0.493 e. The van der Waals surface area contributed by atoms with Crippen molar-refractivity contribution in [2.75, 3.05) is 41.6 Å². The van der Waals surface area contributed by atoms with Crippen LogP contribution in [0.3, 0.4) is 0 Å². The molecular weight excluding hydrogens is 514 g/mol. The van der Waals surface area contributed by atoms with Gasteiger partial charge in [0.1, 0.15) is 17.9 Å². The third-order valence-electron chi connectivity index (χ3n) is 7.22. The molecule has 1 aromatic heterocycles. The highest BCUT2D eigenvalue weighted by Gasteiger charge is 2.34. The Hall–Kier alpha value is -4.66. The van der Waals surface area contributed by atoms with Crippen molar-refractivity contribution in [3.8, 4) is 28.7 Å². The molecule has 9 nitrogen and oxygen atoms in total. The van der Waals surface area contributed by atoms with Crippen LogP contribution in [0.2, 0.25) is 0 Å². The average molecular weight is 546 g/mol.